The van der Waals surface area contributed by atoms with Gasteiger partial charge in [-0.05, 0) is 49.4 Å². The first-order chi connectivity index (χ1) is 5.18. The number of aliphatic hydroxyl groups excluding tert-OH is 1. The summed E-state index contributed by atoms with van der Waals surface area (Å²) in [7, 11) is 0. The average molecular weight is 154 g/mol. The van der Waals surface area contributed by atoms with Gasteiger partial charge in [0.25, 0.3) is 0 Å². The van der Waals surface area contributed by atoms with Crippen molar-refractivity contribution in [1.29, 1.82) is 0 Å². The molecule has 0 aromatic rings. The maximum Gasteiger partial charge on any atom is 0.0484 e. The van der Waals surface area contributed by atoms with Gasteiger partial charge >= 0.3 is 0 Å². The Morgan fingerprint density at radius 1 is 1.00 bits per heavy atom. The lowest BCUT2D eigenvalue weighted by Gasteiger charge is -2.36. The van der Waals surface area contributed by atoms with Crippen LogP contribution < -0.4 is 0 Å². The molecule has 0 unspecified atom stereocenters. The van der Waals surface area contributed by atoms with Crippen LogP contribution in [-0.4, -0.2) is 11.7 Å². The van der Waals surface area contributed by atoms with Crippen LogP contribution >= 0.6 is 0 Å². The molecule has 0 aliphatic heterocycles. The van der Waals surface area contributed by atoms with Crippen LogP contribution in [0, 0.1) is 10.8 Å². The molecule has 0 radical (unpaired) electrons. The standard InChI is InChI=1S/C10H18O/c1-9(8-11)2-4-10(5-3-9)6-7-10/h11H,2-8H2,1H3. The van der Waals surface area contributed by atoms with Gasteiger partial charge in [0, 0.05) is 6.61 Å². The molecule has 0 aromatic heterocycles. The quantitative estimate of drug-likeness (QED) is 0.614. The van der Waals surface area contributed by atoms with Crippen molar-refractivity contribution in [2.24, 2.45) is 10.8 Å². The second kappa shape index (κ2) is 2.22. The molecular formula is C10H18O. The summed E-state index contributed by atoms with van der Waals surface area (Å²) in [4.78, 5) is 0. The highest BCUT2D eigenvalue weighted by molar-refractivity contribution is 4.98. The number of hydrogen-bond donors (Lipinski definition) is 1. The maximum absolute atomic E-state index is 9.14. The zero-order chi connectivity index (χ0) is 7.95. The van der Waals surface area contributed by atoms with Gasteiger partial charge in [0.05, 0.1) is 0 Å². The van der Waals surface area contributed by atoms with E-state index in [4.69, 9.17) is 5.11 Å². The van der Waals surface area contributed by atoms with Gasteiger partial charge in [0.15, 0.2) is 0 Å². The maximum atomic E-state index is 9.14. The molecule has 0 amide bonds. The second-order valence-corrected chi connectivity index (χ2v) is 4.97. The highest BCUT2D eigenvalue weighted by Gasteiger charge is 2.47. The van der Waals surface area contributed by atoms with E-state index in [9.17, 15) is 0 Å². The van der Waals surface area contributed by atoms with Crippen molar-refractivity contribution in [2.45, 2.75) is 45.4 Å². The zero-order valence-electron chi connectivity index (χ0n) is 7.40. The fourth-order valence-corrected chi connectivity index (χ4v) is 2.22. The first kappa shape index (κ1) is 7.60. The summed E-state index contributed by atoms with van der Waals surface area (Å²) in [5.74, 6) is 0. The second-order valence-electron chi connectivity index (χ2n) is 4.97. The molecule has 2 rings (SSSR count). The minimum atomic E-state index is 0.272. The third-order valence-electron chi connectivity index (χ3n) is 3.86. The van der Waals surface area contributed by atoms with E-state index in [-0.39, 0.29) is 5.41 Å². The lowest BCUT2D eigenvalue weighted by molar-refractivity contribution is 0.0751. The van der Waals surface area contributed by atoms with Crippen molar-refractivity contribution >= 4 is 0 Å². The van der Waals surface area contributed by atoms with Gasteiger partial charge in [-0.15, -0.1) is 0 Å². The molecule has 1 nitrogen and oxygen atoms in total. The van der Waals surface area contributed by atoms with E-state index < -0.39 is 0 Å². The topological polar surface area (TPSA) is 20.2 Å². The largest absolute Gasteiger partial charge is 0.396 e. The summed E-state index contributed by atoms with van der Waals surface area (Å²) in [5.41, 5.74) is 1.04. The van der Waals surface area contributed by atoms with Crippen molar-refractivity contribution in [3.05, 3.63) is 0 Å². The number of rotatable bonds is 1. The highest BCUT2D eigenvalue weighted by Crippen LogP contribution is 2.59. The SMILES string of the molecule is CC1(CO)CCC2(CC1)CC2. The molecule has 0 aromatic carbocycles. The molecular weight excluding hydrogens is 136 g/mol. The van der Waals surface area contributed by atoms with Crippen LogP contribution in [0.1, 0.15) is 45.4 Å². The Hall–Kier alpha value is -0.0400. The molecule has 2 aliphatic carbocycles. The van der Waals surface area contributed by atoms with Crippen LogP contribution in [0.15, 0.2) is 0 Å². The van der Waals surface area contributed by atoms with Crippen molar-refractivity contribution in [3.8, 4) is 0 Å². The summed E-state index contributed by atoms with van der Waals surface area (Å²) in [6.07, 6.45) is 8.20. The summed E-state index contributed by atoms with van der Waals surface area (Å²) < 4.78 is 0. The first-order valence-electron chi connectivity index (χ1n) is 4.79. The third-order valence-corrected chi connectivity index (χ3v) is 3.86. The molecule has 1 spiro atoms. The van der Waals surface area contributed by atoms with Crippen molar-refractivity contribution in [1.82, 2.24) is 0 Å². The normalized spacial score (nSPS) is 32.2. The van der Waals surface area contributed by atoms with E-state index in [0.717, 1.165) is 5.41 Å². The lowest BCUT2D eigenvalue weighted by atomic mass is 9.71. The molecule has 0 heterocycles. The monoisotopic (exact) mass is 154 g/mol. The highest BCUT2D eigenvalue weighted by atomic mass is 16.3. The lowest BCUT2D eigenvalue weighted by Crippen LogP contribution is -2.28. The third kappa shape index (κ3) is 1.31. The van der Waals surface area contributed by atoms with Gasteiger partial charge in [0.2, 0.25) is 0 Å². The minimum Gasteiger partial charge on any atom is -0.396 e. The van der Waals surface area contributed by atoms with Gasteiger partial charge in [-0.3, -0.25) is 0 Å². The Morgan fingerprint density at radius 3 is 1.82 bits per heavy atom. The molecule has 2 saturated carbocycles. The Bertz CT molecular complexity index is 148. The molecule has 1 N–H and O–H groups in total. The van der Waals surface area contributed by atoms with Crippen LogP contribution in [0.5, 0.6) is 0 Å². The fraction of sp³-hybridized carbons (Fsp3) is 1.00. The van der Waals surface area contributed by atoms with Crippen molar-refractivity contribution in [3.63, 3.8) is 0 Å². The van der Waals surface area contributed by atoms with Gasteiger partial charge in [-0.25, -0.2) is 0 Å². The van der Waals surface area contributed by atoms with Crippen LogP contribution in [0.3, 0.4) is 0 Å². The fourth-order valence-electron chi connectivity index (χ4n) is 2.22. The van der Waals surface area contributed by atoms with Crippen molar-refractivity contribution in [2.75, 3.05) is 6.61 Å². The first-order valence-corrected chi connectivity index (χ1v) is 4.79. The molecule has 11 heavy (non-hydrogen) atoms. The zero-order valence-corrected chi connectivity index (χ0v) is 7.40. The molecule has 2 aliphatic rings. The van der Waals surface area contributed by atoms with E-state index in [1.54, 1.807) is 0 Å². The van der Waals surface area contributed by atoms with Crippen LogP contribution in [-0.2, 0) is 0 Å². The molecule has 2 fully saturated rings. The van der Waals surface area contributed by atoms with Crippen molar-refractivity contribution < 1.29 is 5.11 Å². The van der Waals surface area contributed by atoms with Gasteiger partial charge in [-0.2, -0.15) is 0 Å². The van der Waals surface area contributed by atoms with Crippen LogP contribution in [0.25, 0.3) is 0 Å². The predicted octanol–water partition coefficient (Wildman–Crippen LogP) is 2.34. The summed E-state index contributed by atoms with van der Waals surface area (Å²) >= 11 is 0. The minimum absolute atomic E-state index is 0.272. The van der Waals surface area contributed by atoms with E-state index in [1.165, 1.54) is 38.5 Å². The van der Waals surface area contributed by atoms with Gasteiger partial charge in [-0.1, -0.05) is 6.92 Å². The Kier molecular flexibility index (Phi) is 1.54. The summed E-state index contributed by atoms with van der Waals surface area (Å²) in [5, 5.41) is 9.14. The molecule has 1 heteroatoms. The predicted molar refractivity (Wildman–Crippen MR) is 45.3 cm³/mol. The van der Waals surface area contributed by atoms with Crippen LogP contribution in [0.4, 0.5) is 0 Å². The van der Waals surface area contributed by atoms with E-state index in [2.05, 4.69) is 6.92 Å². The molecule has 0 saturated heterocycles. The average Bonchev–Trinajstić information content (AvgIpc) is 2.78. The van der Waals surface area contributed by atoms with Gasteiger partial charge in [0.1, 0.15) is 0 Å². The summed E-state index contributed by atoms with van der Waals surface area (Å²) in [6.45, 7) is 2.62. The smallest absolute Gasteiger partial charge is 0.0484 e. The molecule has 0 bridgehead atoms. The molecule has 0 atom stereocenters. The number of hydrogen-bond acceptors (Lipinski definition) is 1. The van der Waals surface area contributed by atoms with Crippen LogP contribution in [0.2, 0.25) is 0 Å². The van der Waals surface area contributed by atoms with E-state index >= 15 is 0 Å². The Labute approximate surface area is 68.8 Å². The van der Waals surface area contributed by atoms with E-state index in [1.807, 2.05) is 0 Å². The van der Waals surface area contributed by atoms with Gasteiger partial charge < -0.3 is 5.11 Å². The number of aliphatic hydroxyl groups is 1. The Balaban J connectivity index is 1.93. The van der Waals surface area contributed by atoms with E-state index in [0.29, 0.717) is 6.61 Å². The summed E-state index contributed by atoms with van der Waals surface area (Å²) in [6, 6.07) is 0. The molecule has 64 valence electrons. The Morgan fingerprint density at radius 2 is 1.45 bits per heavy atom.